The van der Waals surface area contributed by atoms with Crippen LogP contribution < -0.4 is 9.47 Å². The maximum Gasteiger partial charge on any atom is 0.262 e. The van der Waals surface area contributed by atoms with E-state index in [0.717, 1.165) is 19.4 Å². The molecule has 1 aliphatic carbocycles. The third-order valence-corrected chi connectivity index (χ3v) is 10.1. The Bertz CT molecular complexity index is 1620. The first-order valence-corrected chi connectivity index (χ1v) is 15.1. The molecule has 2 nitrogen and oxygen atoms in total. The molecule has 2 heterocycles. The molecule has 0 saturated heterocycles. The highest BCUT2D eigenvalue weighted by Crippen LogP contribution is 2.48. The van der Waals surface area contributed by atoms with Crippen molar-refractivity contribution >= 4 is 45.1 Å². The smallest absolute Gasteiger partial charge is 0.262 e. The molecular formula is C34H35N2S2+. The van der Waals surface area contributed by atoms with Gasteiger partial charge in [0.15, 0.2) is 0 Å². The molecule has 6 rings (SSSR count). The van der Waals surface area contributed by atoms with Gasteiger partial charge in [-0.1, -0.05) is 78.6 Å². The zero-order valence-electron chi connectivity index (χ0n) is 22.9. The van der Waals surface area contributed by atoms with Crippen LogP contribution in [0.2, 0.25) is 0 Å². The Morgan fingerprint density at radius 2 is 1.71 bits per heavy atom. The van der Waals surface area contributed by atoms with E-state index in [1.165, 1.54) is 58.7 Å². The van der Waals surface area contributed by atoms with Crippen molar-refractivity contribution in [3.05, 3.63) is 117 Å². The van der Waals surface area contributed by atoms with Gasteiger partial charge in [-0.25, -0.2) is 0 Å². The van der Waals surface area contributed by atoms with Crippen LogP contribution in [-0.4, -0.2) is 6.54 Å². The first kappa shape index (κ1) is 25.2. The first-order valence-electron chi connectivity index (χ1n) is 13.5. The molecule has 0 bridgehead atoms. The SMILES string of the molecule is CCN1C(=CC2=CC(=Cc3sc4cc(C)ccc4[n+]3C)CC(C)(c3ccccc3)C2)Sc2cc(C)ccc21. The van der Waals surface area contributed by atoms with Crippen molar-refractivity contribution in [3.63, 3.8) is 0 Å². The second-order valence-corrected chi connectivity index (χ2v) is 13.1. The summed E-state index contributed by atoms with van der Waals surface area (Å²) in [6, 6.07) is 24.7. The van der Waals surface area contributed by atoms with E-state index in [2.05, 4.69) is 129 Å². The summed E-state index contributed by atoms with van der Waals surface area (Å²) in [6.45, 7) is 10.0. The summed E-state index contributed by atoms with van der Waals surface area (Å²) in [5, 5.41) is 2.63. The molecule has 0 spiro atoms. The lowest BCUT2D eigenvalue weighted by atomic mass is 9.69. The van der Waals surface area contributed by atoms with E-state index in [1.54, 1.807) is 0 Å². The van der Waals surface area contributed by atoms with Gasteiger partial charge in [-0.3, -0.25) is 0 Å². The van der Waals surface area contributed by atoms with Gasteiger partial charge in [-0.05, 0) is 85.7 Å². The minimum atomic E-state index is 0.0455. The Kier molecular flexibility index (Phi) is 6.57. The fourth-order valence-corrected chi connectivity index (χ4v) is 8.43. The first-order chi connectivity index (χ1) is 18.3. The predicted molar refractivity (Wildman–Crippen MR) is 165 cm³/mol. The molecule has 0 N–H and O–H groups in total. The van der Waals surface area contributed by atoms with E-state index < -0.39 is 0 Å². The van der Waals surface area contributed by atoms with Crippen molar-refractivity contribution in [2.24, 2.45) is 7.05 Å². The van der Waals surface area contributed by atoms with Crippen LogP contribution in [0.4, 0.5) is 5.69 Å². The summed E-state index contributed by atoms with van der Waals surface area (Å²) in [6.07, 6.45) is 9.39. The molecule has 4 heteroatoms. The molecule has 4 aromatic rings. The maximum atomic E-state index is 2.46. The van der Waals surface area contributed by atoms with Crippen LogP contribution in [0.3, 0.4) is 0 Å². The quantitative estimate of drug-likeness (QED) is 0.241. The van der Waals surface area contributed by atoms with Crippen LogP contribution in [0.25, 0.3) is 16.3 Å². The minimum absolute atomic E-state index is 0.0455. The van der Waals surface area contributed by atoms with Crippen molar-refractivity contribution in [3.8, 4) is 0 Å². The third-order valence-electron chi connectivity index (χ3n) is 7.87. The Morgan fingerprint density at radius 3 is 2.50 bits per heavy atom. The van der Waals surface area contributed by atoms with Crippen LogP contribution in [0, 0.1) is 13.8 Å². The Morgan fingerprint density at radius 1 is 0.947 bits per heavy atom. The highest BCUT2D eigenvalue weighted by atomic mass is 32.2. The predicted octanol–water partition coefficient (Wildman–Crippen LogP) is 8.88. The number of rotatable bonds is 4. The monoisotopic (exact) mass is 535 g/mol. The van der Waals surface area contributed by atoms with Crippen molar-refractivity contribution in [2.45, 2.75) is 50.8 Å². The number of nitrogens with zero attached hydrogens (tertiary/aromatic N) is 2. The molecule has 0 fully saturated rings. The summed E-state index contributed by atoms with van der Waals surface area (Å²) < 4.78 is 3.69. The van der Waals surface area contributed by atoms with E-state index in [1.807, 2.05) is 23.1 Å². The van der Waals surface area contributed by atoms with Crippen LogP contribution in [0.15, 0.2) is 100.0 Å². The van der Waals surface area contributed by atoms with Crippen molar-refractivity contribution in [1.29, 1.82) is 0 Å². The Labute approximate surface area is 235 Å². The van der Waals surface area contributed by atoms with Crippen molar-refractivity contribution in [1.82, 2.24) is 0 Å². The van der Waals surface area contributed by atoms with Crippen molar-refractivity contribution in [2.75, 3.05) is 11.4 Å². The third kappa shape index (κ3) is 4.65. The normalized spacial score (nSPS) is 21.4. The molecule has 3 aromatic carbocycles. The van der Waals surface area contributed by atoms with E-state index >= 15 is 0 Å². The zero-order chi connectivity index (χ0) is 26.4. The lowest BCUT2D eigenvalue weighted by Gasteiger charge is -2.35. The molecule has 0 amide bonds. The summed E-state index contributed by atoms with van der Waals surface area (Å²) >= 11 is 3.80. The van der Waals surface area contributed by atoms with Gasteiger partial charge in [0, 0.05) is 29.0 Å². The lowest BCUT2D eigenvalue weighted by molar-refractivity contribution is -0.642. The van der Waals surface area contributed by atoms with E-state index in [-0.39, 0.29) is 5.41 Å². The number of thioether (sulfide) groups is 1. The fraction of sp³-hybridized carbons (Fsp3) is 0.265. The molecule has 192 valence electrons. The molecule has 1 unspecified atom stereocenters. The van der Waals surface area contributed by atoms with Gasteiger partial charge < -0.3 is 4.90 Å². The molecule has 1 aromatic heterocycles. The minimum Gasteiger partial charge on any atom is -0.335 e. The molecule has 1 atom stereocenters. The van der Waals surface area contributed by atoms with E-state index in [9.17, 15) is 0 Å². The maximum absolute atomic E-state index is 2.46. The summed E-state index contributed by atoms with van der Waals surface area (Å²) in [4.78, 5) is 3.83. The summed E-state index contributed by atoms with van der Waals surface area (Å²) in [5.41, 5.74) is 9.52. The van der Waals surface area contributed by atoms with Crippen LogP contribution >= 0.6 is 23.1 Å². The largest absolute Gasteiger partial charge is 0.335 e. The summed E-state index contributed by atoms with van der Waals surface area (Å²) in [5.74, 6) is 0. The molecule has 0 radical (unpaired) electrons. The van der Waals surface area contributed by atoms with Gasteiger partial charge in [0.1, 0.15) is 11.7 Å². The molecule has 38 heavy (non-hydrogen) atoms. The highest BCUT2D eigenvalue weighted by Gasteiger charge is 2.33. The zero-order valence-corrected chi connectivity index (χ0v) is 24.5. The number of anilines is 1. The standard InChI is InChI=1S/C34H35N2S2/c1-6-36-29-15-13-24(3)17-31(29)38-33(36)20-26-18-25(21-34(4,22-26)27-10-8-7-9-11-27)19-32-35(5)28-14-12-23(2)16-30(28)37-32/h7-20H,6,21-22H2,1-5H3/q+1. The number of aromatic nitrogens is 1. The lowest BCUT2D eigenvalue weighted by Crippen LogP contribution is -2.30. The van der Waals surface area contributed by atoms with Gasteiger partial charge in [-0.2, -0.15) is 4.57 Å². The van der Waals surface area contributed by atoms with Gasteiger partial charge in [0.05, 0.1) is 10.7 Å². The molecule has 2 aliphatic rings. The molecular weight excluding hydrogens is 501 g/mol. The second-order valence-electron chi connectivity index (χ2n) is 11.0. The number of benzene rings is 3. The fourth-order valence-electron chi connectivity index (χ4n) is 5.90. The number of aryl methyl sites for hydroxylation is 3. The van der Waals surface area contributed by atoms with Crippen LogP contribution in [0.1, 0.15) is 48.4 Å². The van der Waals surface area contributed by atoms with Gasteiger partial charge in [0.2, 0.25) is 5.52 Å². The van der Waals surface area contributed by atoms with Crippen molar-refractivity contribution < 1.29 is 4.57 Å². The Hall–Kier alpha value is -3.08. The second kappa shape index (κ2) is 9.91. The van der Waals surface area contributed by atoms with E-state index in [4.69, 9.17) is 0 Å². The summed E-state index contributed by atoms with van der Waals surface area (Å²) in [7, 11) is 2.19. The van der Waals surface area contributed by atoms with Gasteiger partial charge in [-0.15, -0.1) is 0 Å². The number of hydrogen-bond acceptors (Lipinski definition) is 3. The van der Waals surface area contributed by atoms with Crippen LogP contribution in [-0.2, 0) is 12.5 Å². The number of hydrogen-bond donors (Lipinski definition) is 0. The Balaban J connectivity index is 1.44. The number of fused-ring (bicyclic) bond motifs is 2. The average molecular weight is 536 g/mol. The van der Waals surface area contributed by atoms with Crippen LogP contribution in [0.5, 0.6) is 0 Å². The van der Waals surface area contributed by atoms with Gasteiger partial charge >= 0.3 is 0 Å². The average Bonchev–Trinajstić information content (AvgIpc) is 3.39. The topological polar surface area (TPSA) is 7.12 Å². The molecule has 1 aliphatic heterocycles. The molecule has 0 saturated carbocycles. The number of thiazole rings is 1. The van der Waals surface area contributed by atoms with Gasteiger partial charge in [0.25, 0.3) is 5.01 Å². The van der Waals surface area contributed by atoms with E-state index in [0.29, 0.717) is 0 Å². The highest BCUT2D eigenvalue weighted by molar-refractivity contribution is 8.03. The number of allylic oxidation sites excluding steroid dienone is 4.